The highest BCUT2D eigenvalue weighted by Crippen LogP contribution is 2.34. The number of anilines is 1. The number of carbonyl (C=O) groups excluding carboxylic acids is 1. The molecule has 31 heavy (non-hydrogen) atoms. The second-order valence-electron chi connectivity index (χ2n) is 7.71. The Labute approximate surface area is 201 Å². The maximum absolute atomic E-state index is 12.7. The number of aromatic nitrogens is 2. The van der Waals surface area contributed by atoms with E-state index in [1.54, 1.807) is 11.8 Å². The SMILES string of the molecule is CC(C)c1cccc(C(C)C)c1NC(=O)CSc1nnc(SCc2ccc(Cl)cc2)s1. The summed E-state index contributed by atoms with van der Waals surface area (Å²) in [5.41, 5.74) is 4.47. The first-order valence-corrected chi connectivity index (χ1v) is 13.3. The van der Waals surface area contributed by atoms with Gasteiger partial charge in [0.15, 0.2) is 8.68 Å². The number of hydrogen-bond acceptors (Lipinski definition) is 6. The highest BCUT2D eigenvalue weighted by atomic mass is 35.5. The molecular weight excluding hydrogens is 466 g/mol. The second kappa shape index (κ2) is 11.4. The van der Waals surface area contributed by atoms with Crippen LogP contribution in [0.25, 0.3) is 0 Å². The molecule has 0 atom stereocenters. The van der Waals surface area contributed by atoms with Crippen LogP contribution in [0.15, 0.2) is 51.1 Å². The number of amides is 1. The van der Waals surface area contributed by atoms with Crippen LogP contribution in [-0.2, 0) is 10.5 Å². The summed E-state index contributed by atoms with van der Waals surface area (Å²) >= 11 is 10.5. The summed E-state index contributed by atoms with van der Waals surface area (Å²) in [4.78, 5) is 12.7. The molecule has 0 saturated heterocycles. The summed E-state index contributed by atoms with van der Waals surface area (Å²) < 4.78 is 1.69. The van der Waals surface area contributed by atoms with Crippen molar-refractivity contribution in [1.82, 2.24) is 10.2 Å². The molecule has 4 nitrogen and oxygen atoms in total. The Hall–Kier alpha value is -1.54. The summed E-state index contributed by atoms with van der Waals surface area (Å²) in [5.74, 6) is 1.77. The number of para-hydroxylation sites is 1. The Morgan fingerprint density at radius 3 is 2.13 bits per heavy atom. The molecule has 0 aliphatic heterocycles. The molecule has 8 heteroatoms. The van der Waals surface area contributed by atoms with Gasteiger partial charge < -0.3 is 5.32 Å². The monoisotopic (exact) mass is 491 g/mol. The first-order valence-electron chi connectivity index (χ1n) is 10.1. The minimum Gasteiger partial charge on any atom is -0.325 e. The van der Waals surface area contributed by atoms with Crippen LogP contribution in [0, 0.1) is 0 Å². The molecule has 3 rings (SSSR count). The Balaban J connectivity index is 1.56. The van der Waals surface area contributed by atoms with E-state index in [1.807, 2.05) is 24.3 Å². The number of benzene rings is 2. The maximum Gasteiger partial charge on any atom is 0.234 e. The Morgan fingerprint density at radius 2 is 1.55 bits per heavy atom. The van der Waals surface area contributed by atoms with Gasteiger partial charge in [0.2, 0.25) is 5.91 Å². The van der Waals surface area contributed by atoms with Gasteiger partial charge in [-0.15, -0.1) is 10.2 Å². The van der Waals surface area contributed by atoms with Crippen molar-refractivity contribution in [2.75, 3.05) is 11.1 Å². The van der Waals surface area contributed by atoms with E-state index in [2.05, 4.69) is 61.4 Å². The normalized spacial score (nSPS) is 11.3. The van der Waals surface area contributed by atoms with E-state index in [-0.39, 0.29) is 5.91 Å². The molecule has 1 amide bonds. The van der Waals surface area contributed by atoms with Gasteiger partial charge >= 0.3 is 0 Å². The molecule has 0 bridgehead atoms. The lowest BCUT2D eigenvalue weighted by molar-refractivity contribution is -0.113. The molecule has 0 radical (unpaired) electrons. The van der Waals surface area contributed by atoms with Gasteiger partial charge in [0.05, 0.1) is 5.75 Å². The van der Waals surface area contributed by atoms with Gasteiger partial charge in [0.1, 0.15) is 0 Å². The third-order valence-corrected chi connectivity index (χ3v) is 8.14. The maximum atomic E-state index is 12.7. The van der Waals surface area contributed by atoms with Crippen molar-refractivity contribution in [3.05, 3.63) is 64.2 Å². The Bertz CT molecular complexity index is 993. The Kier molecular flexibility index (Phi) is 8.84. The van der Waals surface area contributed by atoms with Crippen molar-refractivity contribution in [3.8, 4) is 0 Å². The fourth-order valence-corrected chi connectivity index (χ4v) is 5.94. The van der Waals surface area contributed by atoms with Gasteiger partial charge in [-0.3, -0.25) is 4.79 Å². The topological polar surface area (TPSA) is 54.9 Å². The summed E-state index contributed by atoms with van der Waals surface area (Å²) in [6.07, 6.45) is 0. The minimum atomic E-state index is -0.0226. The van der Waals surface area contributed by atoms with Crippen molar-refractivity contribution in [2.24, 2.45) is 0 Å². The molecule has 0 unspecified atom stereocenters. The molecule has 0 saturated carbocycles. The van der Waals surface area contributed by atoms with Gasteiger partial charge in [0, 0.05) is 16.5 Å². The smallest absolute Gasteiger partial charge is 0.234 e. The molecule has 0 aliphatic carbocycles. The molecule has 164 valence electrons. The van der Waals surface area contributed by atoms with Gasteiger partial charge in [0.25, 0.3) is 0 Å². The van der Waals surface area contributed by atoms with E-state index in [1.165, 1.54) is 39.8 Å². The molecule has 0 aliphatic rings. The van der Waals surface area contributed by atoms with Crippen LogP contribution in [0.5, 0.6) is 0 Å². The van der Waals surface area contributed by atoms with Gasteiger partial charge in [-0.2, -0.15) is 0 Å². The third-order valence-electron chi connectivity index (χ3n) is 4.63. The zero-order chi connectivity index (χ0) is 22.4. The standard InChI is InChI=1S/C23H26ClN3OS3/c1-14(2)18-6-5-7-19(15(3)4)21(18)25-20(28)13-30-23-27-26-22(31-23)29-12-16-8-10-17(24)11-9-16/h5-11,14-15H,12-13H2,1-4H3,(H,25,28). The van der Waals surface area contributed by atoms with Gasteiger partial charge in [-0.25, -0.2) is 0 Å². The van der Waals surface area contributed by atoms with E-state index in [0.717, 1.165) is 25.1 Å². The summed E-state index contributed by atoms with van der Waals surface area (Å²) in [6.45, 7) is 8.59. The zero-order valence-corrected chi connectivity index (χ0v) is 21.2. The van der Waals surface area contributed by atoms with E-state index >= 15 is 0 Å². The number of nitrogens with one attached hydrogen (secondary N) is 1. The lowest BCUT2D eigenvalue weighted by Gasteiger charge is -2.20. The van der Waals surface area contributed by atoms with E-state index in [4.69, 9.17) is 11.6 Å². The number of carbonyl (C=O) groups is 1. The zero-order valence-electron chi connectivity index (χ0n) is 18.0. The molecule has 0 spiro atoms. The lowest BCUT2D eigenvalue weighted by Crippen LogP contribution is -2.17. The lowest BCUT2D eigenvalue weighted by atomic mass is 9.92. The average molecular weight is 492 g/mol. The van der Waals surface area contributed by atoms with Crippen molar-refractivity contribution in [1.29, 1.82) is 0 Å². The predicted octanol–water partition coefficient (Wildman–Crippen LogP) is 7.46. The summed E-state index contributed by atoms with van der Waals surface area (Å²) in [7, 11) is 0. The predicted molar refractivity (Wildman–Crippen MR) is 135 cm³/mol. The largest absolute Gasteiger partial charge is 0.325 e. The van der Waals surface area contributed by atoms with Crippen molar-refractivity contribution < 1.29 is 4.79 Å². The fraction of sp³-hybridized carbons (Fsp3) is 0.348. The van der Waals surface area contributed by atoms with Crippen LogP contribution in [-0.4, -0.2) is 21.9 Å². The minimum absolute atomic E-state index is 0.0226. The van der Waals surface area contributed by atoms with E-state index in [9.17, 15) is 4.79 Å². The number of thioether (sulfide) groups is 2. The summed E-state index contributed by atoms with van der Waals surface area (Å²) in [6, 6.07) is 14.1. The fourth-order valence-electron chi connectivity index (χ4n) is 3.04. The third kappa shape index (κ3) is 6.97. The quantitative estimate of drug-likeness (QED) is 0.315. The molecule has 3 aromatic rings. The first-order chi connectivity index (χ1) is 14.8. The molecule has 2 aromatic carbocycles. The number of rotatable bonds is 9. The second-order valence-corrected chi connectivity index (χ2v) is 11.6. The van der Waals surface area contributed by atoms with E-state index in [0.29, 0.717) is 17.6 Å². The number of hydrogen-bond donors (Lipinski definition) is 1. The average Bonchev–Trinajstić information content (AvgIpc) is 3.19. The highest BCUT2D eigenvalue weighted by Gasteiger charge is 2.16. The van der Waals surface area contributed by atoms with Gasteiger partial charge in [-0.1, -0.05) is 104 Å². The van der Waals surface area contributed by atoms with Crippen LogP contribution in [0.2, 0.25) is 5.02 Å². The van der Waals surface area contributed by atoms with Crippen LogP contribution in [0.4, 0.5) is 5.69 Å². The van der Waals surface area contributed by atoms with Crippen molar-refractivity contribution >= 4 is 58.1 Å². The molecule has 1 heterocycles. The van der Waals surface area contributed by atoms with Crippen LogP contribution in [0.3, 0.4) is 0 Å². The van der Waals surface area contributed by atoms with Crippen LogP contribution in [0.1, 0.15) is 56.2 Å². The van der Waals surface area contributed by atoms with Crippen molar-refractivity contribution in [2.45, 2.75) is 54.0 Å². The first kappa shape index (κ1) is 24.1. The molecule has 1 aromatic heterocycles. The Morgan fingerprint density at radius 1 is 0.968 bits per heavy atom. The molecule has 0 fully saturated rings. The highest BCUT2D eigenvalue weighted by molar-refractivity contribution is 8.03. The number of halogens is 1. The van der Waals surface area contributed by atoms with E-state index < -0.39 is 0 Å². The van der Waals surface area contributed by atoms with Crippen LogP contribution < -0.4 is 5.32 Å². The van der Waals surface area contributed by atoms with Crippen LogP contribution >= 0.6 is 46.5 Å². The van der Waals surface area contributed by atoms with Gasteiger partial charge in [-0.05, 0) is 40.7 Å². The van der Waals surface area contributed by atoms with Crippen molar-refractivity contribution in [3.63, 3.8) is 0 Å². The molecular formula is C23H26ClN3OS3. The molecule has 1 N–H and O–H groups in total. The summed E-state index contributed by atoms with van der Waals surface area (Å²) in [5, 5.41) is 12.3. The number of nitrogens with zero attached hydrogens (tertiary/aromatic N) is 2.